The molecule has 0 saturated carbocycles. The average molecular weight is 1180 g/mol. The first-order valence-corrected chi connectivity index (χ1v) is 21.6. The molecule has 210 valence electrons. The van der Waals surface area contributed by atoms with Crippen molar-refractivity contribution >= 4 is 147 Å². The Bertz CT molecular complexity index is 366. The van der Waals surface area contributed by atoms with Gasteiger partial charge in [-0.2, -0.15) is 0 Å². The van der Waals surface area contributed by atoms with Crippen LogP contribution in [0.2, 0.25) is 11.5 Å². The predicted molar refractivity (Wildman–Crippen MR) is 156 cm³/mol. The van der Waals surface area contributed by atoms with E-state index in [0.717, 1.165) is 26.4 Å². The molecule has 0 aliphatic rings. The molecule has 0 aliphatic carbocycles. The van der Waals surface area contributed by atoms with Gasteiger partial charge in [-0.1, -0.05) is 0 Å². The van der Waals surface area contributed by atoms with Gasteiger partial charge in [0.15, 0.2) is 0 Å². The molecule has 0 rings (SSSR count). The van der Waals surface area contributed by atoms with Gasteiger partial charge in [-0.25, -0.2) is 0 Å². The van der Waals surface area contributed by atoms with E-state index >= 15 is 0 Å². The molecule has 2 atom stereocenters. The molecule has 35 heavy (non-hydrogen) atoms. The van der Waals surface area contributed by atoms with Gasteiger partial charge in [0.1, 0.15) is 0 Å². The van der Waals surface area contributed by atoms with Gasteiger partial charge in [0, 0.05) is 71.0 Å². The molecule has 12 radical (unpaired) electrons. The zero-order valence-corrected chi connectivity index (χ0v) is 40.4. The smallest absolute Gasteiger partial charge is 0 e. The van der Waals surface area contributed by atoms with Gasteiger partial charge in [-0.15, -0.1) is 0 Å². The zero-order chi connectivity index (χ0) is 25.6. The van der Waals surface area contributed by atoms with Crippen LogP contribution < -0.4 is 0 Å². The first-order valence-electron chi connectivity index (χ1n) is 11.5. The van der Waals surface area contributed by atoms with Crippen molar-refractivity contribution in [2.24, 2.45) is 17.8 Å². The van der Waals surface area contributed by atoms with Gasteiger partial charge in [0.2, 0.25) is 0 Å². The standard InChI is InChI=1S/C14H30Ge2O2.4C2H5O.2Sb.3Te/c1-10(11(2)13(4,5)17-15-8)12(3)14(6,7)18-16-9;4*1-2-3;;;;;/h10-12H,1-9H3;4*2H2,1H3;;;;;/q;4*-1;2*+2;;;. The minimum atomic E-state index is -0.671. The van der Waals surface area contributed by atoms with E-state index in [2.05, 4.69) is 60.0 Å². The summed E-state index contributed by atoms with van der Waals surface area (Å²) < 4.78 is 32.1. The van der Waals surface area contributed by atoms with Gasteiger partial charge in [0.05, 0.1) is 0 Å². The van der Waals surface area contributed by atoms with Crippen LogP contribution in [0.15, 0.2) is 0 Å². The second-order valence-electron chi connectivity index (χ2n) is 8.08. The molecule has 0 aliphatic heterocycles. The quantitative estimate of drug-likeness (QED) is 0.173. The maximum atomic E-state index is 6.03. The van der Waals surface area contributed by atoms with Crippen LogP contribution in [0, 0.1) is 17.8 Å². The monoisotopic (exact) mass is 1190 g/mol. The first-order chi connectivity index (χ1) is 14.9. The zero-order valence-electron chi connectivity index (χ0n) is 24.1. The molecule has 6 nitrogen and oxygen atoms in total. The summed E-state index contributed by atoms with van der Waals surface area (Å²) in [6.45, 7) is 27.0. The Morgan fingerprint density at radius 1 is 0.571 bits per heavy atom. The maximum Gasteiger partial charge on any atom is 0 e. The van der Waals surface area contributed by atoms with Crippen molar-refractivity contribution in [1.82, 2.24) is 0 Å². The van der Waals surface area contributed by atoms with E-state index in [4.69, 9.17) is 19.6 Å². The molecule has 0 aromatic carbocycles. The van der Waals surface area contributed by atoms with Crippen LogP contribution in [-0.2, 0) is 19.6 Å². The summed E-state index contributed by atoms with van der Waals surface area (Å²) >= 11 is -1.83. The topological polar surface area (TPSA) is 55.4 Å². The summed E-state index contributed by atoms with van der Waals surface area (Å²) in [6.07, 6.45) is 0. The minimum absolute atomic E-state index is 0. The second kappa shape index (κ2) is 35.0. The molecule has 0 spiro atoms. The molecule has 0 heterocycles. The van der Waals surface area contributed by atoms with Crippen LogP contribution in [0.4, 0.5) is 0 Å². The van der Waals surface area contributed by atoms with E-state index in [1.807, 2.05) is 27.7 Å². The Balaban J connectivity index is -0.000000104. The van der Waals surface area contributed by atoms with E-state index in [1.165, 1.54) is 0 Å². The largest absolute Gasteiger partial charge is 0 e. The number of hydrogen-bond donors (Lipinski definition) is 0. The van der Waals surface area contributed by atoms with Gasteiger partial charge >= 0.3 is 239 Å². The number of rotatable bonds is 16. The Kier molecular flexibility index (Phi) is 52.6. The fourth-order valence-corrected chi connectivity index (χ4v) is 7.31. The van der Waals surface area contributed by atoms with Crippen molar-refractivity contribution in [2.45, 2.75) is 98.9 Å². The van der Waals surface area contributed by atoms with Crippen LogP contribution in [0.25, 0.3) is 0 Å². The SMILES string of the molecule is CC[O][Sb][O]CC.CC[O][Sb][O]CC.[CH3][Ge][O]C(C)(C)C(C)C(C)C(C)C(C)(C)[O][Ge][CH3].[Te].[Te].[Te]. The average Bonchev–Trinajstić information content (AvgIpc) is 2.73. The molecule has 0 bridgehead atoms. The van der Waals surface area contributed by atoms with Crippen LogP contribution in [-0.4, -0.2) is 185 Å². The Hall–Kier alpha value is 4.85. The Morgan fingerprint density at radius 2 is 0.800 bits per heavy atom. The second-order valence-corrected chi connectivity index (χ2v) is 14.4. The molecular weight excluding hydrogens is 1130 g/mol. The third kappa shape index (κ3) is 31.6. The van der Waals surface area contributed by atoms with Crippen molar-refractivity contribution in [3.63, 3.8) is 0 Å². The van der Waals surface area contributed by atoms with Gasteiger partial charge in [-0.05, 0) is 0 Å². The molecule has 13 heteroatoms. The van der Waals surface area contributed by atoms with Crippen molar-refractivity contribution in [3.8, 4) is 0 Å². The van der Waals surface area contributed by atoms with E-state index in [9.17, 15) is 0 Å². The van der Waals surface area contributed by atoms with Crippen LogP contribution in [0.3, 0.4) is 0 Å². The Morgan fingerprint density at radius 3 is 0.971 bits per heavy atom. The molecule has 0 amide bonds. The molecule has 0 saturated heterocycles. The molecule has 0 aromatic rings. The van der Waals surface area contributed by atoms with Crippen LogP contribution in [0.5, 0.6) is 0 Å². The van der Waals surface area contributed by atoms with Crippen molar-refractivity contribution in [3.05, 3.63) is 0 Å². The fraction of sp³-hybridized carbons (Fsp3) is 1.00. The fourth-order valence-electron chi connectivity index (χ4n) is 2.70. The third-order valence-corrected chi connectivity index (χ3v) is 12.4. The summed E-state index contributed by atoms with van der Waals surface area (Å²) in [4.78, 5) is 0. The van der Waals surface area contributed by atoms with Crippen molar-refractivity contribution in [1.29, 1.82) is 0 Å². The minimum Gasteiger partial charge on any atom is 0 e. The molecule has 2 unspecified atom stereocenters. The van der Waals surface area contributed by atoms with Crippen LogP contribution in [0.1, 0.15) is 76.2 Å². The summed E-state index contributed by atoms with van der Waals surface area (Å²) in [7, 11) is 0. The van der Waals surface area contributed by atoms with E-state index in [-0.39, 0.29) is 114 Å². The van der Waals surface area contributed by atoms with Crippen molar-refractivity contribution in [2.75, 3.05) is 26.4 Å². The predicted octanol–water partition coefficient (Wildman–Crippen LogP) is 3.86. The first kappa shape index (κ1) is 52.5. The summed E-state index contributed by atoms with van der Waals surface area (Å²) in [6, 6.07) is 0. The number of hydrogen-bond acceptors (Lipinski definition) is 6. The summed E-state index contributed by atoms with van der Waals surface area (Å²) in [5, 5.41) is 0. The molecule has 0 N–H and O–H groups in total. The Labute approximate surface area is 305 Å². The van der Waals surface area contributed by atoms with E-state index < -0.39 is 44.9 Å². The van der Waals surface area contributed by atoms with Gasteiger partial charge < -0.3 is 0 Å². The third-order valence-electron chi connectivity index (χ3n) is 5.23. The summed E-state index contributed by atoms with van der Waals surface area (Å²) in [5.41, 5.74) is -0.0258. The molecule has 0 fully saturated rings. The van der Waals surface area contributed by atoms with E-state index in [1.54, 1.807) is 0 Å². The van der Waals surface area contributed by atoms with Crippen LogP contribution >= 0.6 is 0 Å². The molecule has 0 aromatic heterocycles. The maximum absolute atomic E-state index is 6.03. The van der Waals surface area contributed by atoms with Gasteiger partial charge in [0.25, 0.3) is 0 Å². The van der Waals surface area contributed by atoms with Gasteiger partial charge in [-0.3, -0.25) is 0 Å². The normalized spacial score (nSPS) is 13.3. The van der Waals surface area contributed by atoms with Crippen molar-refractivity contribution < 1.29 is 19.6 Å². The molecular formula is C22H50Ge2O6Sb2Te3. The summed E-state index contributed by atoms with van der Waals surface area (Å²) in [5.74, 6) is 6.05. The van der Waals surface area contributed by atoms with E-state index in [0.29, 0.717) is 17.8 Å².